The van der Waals surface area contributed by atoms with Crippen molar-refractivity contribution in [2.45, 2.75) is 33.7 Å². The third-order valence-electron chi connectivity index (χ3n) is 8.37. The summed E-state index contributed by atoms with van der Waals surface area (Å²) >= 11 is 25.0. The Balaban J connectivity index is 0.000000251. The van der Waals surface area contributed by atoms with E-state index in [2.05, 4.69) is 5.32 Å². The van der Waals surface area contributed by atoms with Crippen molar-refractivity contribution in [1.29, 1.82) is 0 Å². The van der Waals surface area contributed by atoms with Gasteiger partial charge in [-0.05, 0) is 66.6 Å². The molecular weight excluding hydrogens is 812 g/mol. The zero-order valence-corrected chi connectivity index (χ0v) is 34.0. The average molecular weight is 854 g/mol. The topological polar surface area (TPSA) is 168 Å². The summed E-state index contributed by atoms with van der Waals surface area (Å²) in [6.07, 6.45) is 0. The molecule has 0 aromatic heterocycles. The van der Waals surface area contributed by atoms with Crippen LogP contribution in [0.1, 0.15) is 36.6 Å². The van der Waals surface area contributed by atoms with Crippen LogP contribution < -0.4 is 13.9 Å². The molecule has 1 amide bonds. The molecule has 0 radical (unpaired) electrons. The van der Waals surface area contributed by atoms with E-state index in [1.165, 1.54) is 4.31 Å². The number of aliphatic hydroxyl groups excluding tert-OH is 1. The summed E-state index contributed by atoms with van der Waals surface area (Å²) in [4.78, 5) is 23.6. The third kappa shape index (κ3) is 10.3. The molecule has 2 saturated heterocycles. The van der Waals surface area contributed by atoms with Gasteiger partial charge in [0, 0.05) is 26.2 Å². The van der Waals surface area contributed by atoms with Crippen LogP contribution in [0.2, 0.25) is 20.1 Å². The summed E-state index contributed by atoms with van der Waals surface area (Å²) in [5.41, 5.74) is 2.75. The molecule has 3 aromatic rings. The van der Waals surface area contributed by atoms with Gasteiger partial charge in [-0.1, -0.05) is 90.6 Å². The van der Waals surface area contributed by atoms with Crippen LogP contribution >= 0.6 is 46.4 Å². The number of halogens is 4. The molecule has 19 heteroatoms. The molecule has 2 heterocycles. The lowest BCUT2D eigenvalue weighted by Crippen LogP contribution is -2.56. The van der Waals surface area contributed by atoms with Gasteiger partial charge in [0.15, 0.2) is 0 Å². The third-order valence-corrected chi connectivity index (χ3v) is 13.2. The fourth-order valence-electron chi connectivity index (χ4n) is 6.07. The van der Waals surface area contributed by atoms with Crippen molar-refractivity contribution in [3.05, 3.63) is 91.4 Å². The molecular formula is C34H41Cl4N5O8S2. The minimum atomic E-state index is -4.04. The lowest BCUT2D eigenvalue weighted by molar-refractivity contribution is -0.137. The summed E-state index contributed by atoms with van der Waals surface area (Å²) < 4.78 is 56.2. The lowest BCUT2D eigenvalue weighted by atomic mass is 10.1. The number of carbonyl (C=O) groups is 2. The summed E-state index contributed by atoms with van der Waals surface area (Å²) in [6, 6.07) is 14.9. The van der Waals surface area contributed by atoms with Crippen LogP contribution in [0.25, 0.3) is 0 Å². The van der Waals surface area contributed by atoms with Crippen molar-refractivity contribution in [1.82, 2.24) is 13.9 Å². The first kappa shape index (κ1) is 42.9. The Kier molecular flexibility index (Phi) is 14.3. The SMILES string of the molecule is Cc1cc(Cl)c(N2C[C@H](C)CN(CC(=O)N[C@H](CO)c3ccccc3)S2(=O)=O)c(Cl)c1.Cc1cc(Cl)c(N2C[C@H](C)CN(CC(=O)O)S2(=O)=O)c(Cl)c1. The molecule has 2 aliphatic rings. The van der Waals surface area contributed by atoms with Gasteiger partial charge in [0.1, 0.15) is 6.54 Å². The zero-order chi connectivity index (χ0) is 39.4. The van der Waals surface area contributed by atoms with Gasteiger partial charge in [0.25, 0.3) is 0 Å². The summed E-state index contributed by atoms with van der Waals surface area (Å²) in [6.45, 7) is 6.79. The fourth-order valence-corrected chi connectivity index (χ4v) is 11.6. The van der Waals surface area contributed by atoms with Gasteiger partial charge in [0.05, 0.1) is 50.7 Å². The van der Waals surface area contributed by atoms with Crippen molar-refractivity contribution < 1.29 is 36.6 Å². The average Bonchev–Trinajstić information content (AvgIpc) is 3.04. The molecule has 3 atom stereocenters. The second kappa shape index (κ2) is 17.7. The number of carbonyl (C=O) groups excluding carboxylic acids is 1. The molecule has 3 aromatic carbocycles. The Hall–Kier alpha value is -2.86. The standard InChI is InChI=1S/C21H25Cl2N3O4S.C13H16Cl2N2O4S/c1-14-8-17(22)21(18(23)9-14)26-11-15(2)10-25(31(26,29)30)12-20(28)24-19(13-27)16-6-4-3-5-7-16;1-8-3-10(14)13(11(15)4-8)17-6-9(2)5-16(7-12(18)19)22(17,20)21/h3-9,15,19,27H,10-13H2,1-2H3,(H,24,28);3-4,9H,5-7H2,1-2H3,(H,18,19)/t15-,19-;9-/m11/s1. The highest BCUT2D eigenvalue weighted by atomic mass is 35.5. The largest absolute Gasteiger partial charge is 0.480 e. The Morgan fingerprint density at radius 3 is 1.51 bits per heavy atom. The minimum absolute atomic E-state index is 0.0590. The second-order valence-electron chi connectivity index (χ2n) is 13.1. The maximum Gasteiger partial charge on any atom is 0.318 e. The van der Waals surface area contributed by atoms with Crippen molar-refractivity contribution in [2.75, 3.05) is 54.5 Å². The highest BCUT2D eigenvalue weighted by Crippen LogP contribution is 2.40. The maximum atomic E-state index is 13.3. The van der Waals surface area contributed by atoms with Gasteiger partial charge in [-0.2, -0.15) is 25.4 Å². The maximum absolute atomic E-state index is 13.3. The quantitative estimate of drug-likeness (QED) is 0.252. The number of hydrogen-bond acceptors (Lipinski definition) is 7. The first-order chi connectivity index (χ1) is 24.8. The summed E-state index contributed by atoms with van der Waals surface area (Å²) in [7, 11) is -8.02. The van der Waals surface area contributed by atoms with E-state index in [1.54, 1.807) is 55.5 Å². The molecule has 0 aliphatic carbocycles. The summed E-state index contributed by atoms with van der Waals surface area (Å²) in [5.74, 6) is -1.84. The van der Waals surface area contributed by atoms with Gasteiger partial charge < -0.3 is 15.5 Å². The van der Waals surface area contributed by atoms with E-state index < -0.39 is 44.9 Å². The molecule has 3 N–H and O–H groups in total. The van der Waals surface area contributed by atoms with Gasteiger partial charge in [0.2, 0.25) is 5.91 Å². The highest BCUT2D eigenvalue weighted by Gasteiger charge is 2.41. The number of hydrogen-bond donors (Lipinski definition) is 3. The van der Waals surface area contributed by atoms with E-state index in [4.69, 9.17) is 51.5 Å². The molecule has 2 fully saturated rings. The molecule has 5 rings (SSSR count). The van der Waals surface area contributed by atoms with Crippen LogP contribution in [0.3, 0.4) is 0 Å². The van der Waals surface area contributed by atoms with Gasteiger partial charge in [-0.25, -0.2) is 0 Å². The fraction of sp³-hybridized carbons (Fsp3) is 0.412. The number of aliphatic hydroxyl groups is 1. The molecule has 0 bridgehead atoms. The van der Waals surface area contributed by atoms with Crippen LogP contribution in [-0.2, 0) is 30.0 Å². The molecule has 53 heavy (non-hydrogen) atoms. The van der Waals surface area contributed by atoms with E-state index in [-0.39, 0.29) is 82.6 Å². The van der Waals surface area contributed by atoms with Gasteiger partial charge in [-0.15, -0.1) is 0 Å². The summed E-state index contributed by atoms with van der Waals surface area (Å²) in [5, 5.41) is 22.2. The number of aryl methyl sites for hydroxylation is 2. The molecule has 0 saturated carbocycles. The van der Waals surface area contributed by atoms with Crippen LogP contribution in [0.5, 0.6) is 0 Å². The van der Waals surface area contributed by atoms with Crippen LogP contribution in [0, 0.1) is 25.7 Å². The van der Waals surface area contributed by atoms with Crippen LogP contribution in [-0.4, -0.2) is 93.4 Å². The smallest absolute Gasteiger partial charge is 0.318 e. The molecule has 0 unspecified atom stereocenters. The predicted molar refractivity (Wildman–Crippen MR) is 208 cm³/mol. The number of benzene rings is 3. The number of rotatable bonds is 9. The van der Waals surface area contributed by atoms with E-state index in [0.29, 0.717) is 0 Å². The number of carboxylic acid groups (broad SMARTS) is 1. The monoisotopic (exact) mass is 851 g/mol. The molecule has 2 aliphatic heterocycles. The minimum Gasteiger partial charge on any atom is -0.480 e. The number of anilines is 2. The van der Waals surface area contributed by atoms with Crippen LogP contribution in [0.15, 0.2) is 54.6 Å². The zero-order valence-electron chi connectivity index (χ0n) is 29.3. The van der Waals surface area contributed by atoms with E-state index in [1.807, 2.05) is 26.8 Å². The number of amides is 1. The predicted octanol–water partition coefficient (Wildman–Crippen LogP) is 5.54. The van der Waals surface area contributed by atoms with Crippen molar-refractivity contribution in [3.63, 3.8) is 0 Å². The number of carboxylic acids is 1. The van der Waals surface area contributed by atoms with E-state index >= 15 is 0 Å². The molecule has 0 spiro atoms. The number of nitrogens with one attached hydrogen (secondary N) is 1. The van der Waals surface area contributed by atoms with E-state index in [0.717, 1.165) is 29.6 Å². The second-order valence-corrected chi connectivity index (χ2v) is 18.5. The van der Waals surface area contributed by atoms with Gasteiger partial charge in [-0.3, -0.25) is 18.2 Å². The lowest BCUT2D eigenvalue weighted by Gasteiger charge is -2.39. The molecule has 13 nitrogen and oxygen atoms in total. The normalized spacial score (nSPS) is 20.6. The van der Waals surface area contributed by atoms with Crippen LogP contribution in [0.4, 0.5) is 11.4 Å². The Labute approximate surface area is 330 Å². The first-order valence-corrected chi connectivity index (χ1v) is 20.7. The first-order valence-electron chi connectivity index (χ1n) is 16.4. The Morgan fingerprint density at radius 1 is 0.736 bits per heavy atom. The van der Waals surface area contributed by atoms with Crippen molar-refractivity contribution in [2.24, 2.45) is 11.8 Å². The van der Waals surface area contributed by atoms with Gasteiger partial charge >= 0.3 is 26.4 Å². The Bertz CT molecular complexity index is 2000. The molecule has 290 valence electrons. The van der Waals surface area contributed by atoms with Crippen molar-refractivity contribution >= 4 is 90.1 Å². The highest BCUT2D eigenvalue weighted by molar-refractivity contribution is 7.90. The number of aliphatic carboxylic acids is 1. The number of nitrogens with zero attached hydrogens (tertiary/aromatic N) is 4. The Morgan fingerprint density at radius 2 is 1.13 bits per heavy atom. The van der Waals surface area contributed by atoms with E-state index in [9.17, 15) is 31.5 Å². The van der Waals surface area contributed by atoms with Crippen molar-refractivity contribution in [3.8, 4) is 0 Å².